The van der Waals surface area contributed by atoms with Gasteiger partial charge in [0.15, 0.2) is 0 Å². The van der Waals surface area contributed by atoms with Crippen molar-refractivity contribution >= 4 is 16.9 Å². The molecule has 0 unspecified atom stereocenters. The number of carbonyl (C=O) groups is 1. The third-order valence-electron chi connectivity index (χ3n) is 5.02. The SMILES string of the molecule is C=CCc1ccccc1OCCn1c(CCCNC(=O)CCC)nc2ccccc21. The summed E-state index contributed by atoms with van der Waals surface area (Å²) in [7, 11) is 0. The summed E-state index contributed by atoms with van der Waals surface area (Å²) in [6.07, 6.45) is 5.82. The van der Waals surface area contributed by atoms with E-state index in [4.69, 9.17) is 9.72 Å². The molecule has 0 fully saturated rings. The maximum atomic E-state index is 11.7. The molecule has 1 aromatic heterocycles. The van der Waals surface area contributed by atoms with E-state index >= 15 is 0 Å². The smallest absolute Gasteiger partial charge is 0.219 e. The minimum absolute atomic E-state index is 0.123. The van der Waals surface area contributed by atoms with Crippen molar-refractivity contribution < 1.29 is 9.53 Å². The Balaban J connectivity index is 1.65. The molecular weight excluding hydrogens is 374 g/mol. The van der Waals surface area contributed by atoms with Crippen molar-refractivity contribution in [2.75, 3.05) is 13.2 Å². The number of nitrogens with one attached hydrogen (secondary N) is 1. The standard InChI is InChI=1S/C25H31N3O2/c1-3-10-20-12-5-8-15-23(20)30-19-18-28-22-14-7-6-13-21(22)27-24(28)16-9-17-26-25(29)11-4-2/h3,5-8,12-15H,1,4,9-11,16-19H2,2H3,(H,26,29). The lowest BCUT2D eigenvalue weighted by Crippen LogP contribution is -2.24. The van der Waals surface area contributed by atoms with Crippen LogP contribution in [0.5, 0.6) is 5.75 Å². The second kappa shape index (κ2) is 11.2. The Hall–Kier alpha value is -3.08. The van der Waals surface area contributed by atoms with Crippen molar-refractivity contribution in [3.8, 4) is 5.75 Å². The first-order valence-corrected chi connectivity index (χ1v) is 10.8. The molecule has 0 radical (unpaired) electrons. The molecular formula is C25H31N3O2. The van der Waals surface area contributed by atoms with E-state index in [2.05, 4.69) is 28.6 Å². The van der Waals surface area contributed by atoms with Crippen molar-refractivity contribution in [1.29, 1.82) is 0 Å². The van der Waals surface area contributed by atoms with Gasteiger partial charge in [-0.25, -0.2) is 4.98 Å². The molecule has 0 bridgehead atoms. The van der Waals surface area contributed by atoms with Crippen LogP contribution in [0.3, 0.4) is 0 Å². The van der Waals surface area contributed by atoms with Crippen molar-refractivity contribution in [2.45, 2.75) is 45.6 Å². The number of imidazole rings is 1. The number of aryl methyl sites for hydroxylation is 1. The summed E-state index contributed by atoms with van der Waals surface area (Å²) in [6, 6.07) is 16.3. The van der Waals surface area contributed by atoms with Gasteiger partial charge in [0, 0.05) is 19.4 Å². The molecule has 3 rings (SSSR count). The van der Waals surface area contributed by atoms with Gasteiger partial charge >= 0.3 is 0 Å². The van der Waals surface area contributed by atoms with E-state index in [1.807, 2.05) is 49.4 Å². The molecule has 5 heteroatoms. The maximum absolute atomic E-state index is 11.7. The predicted octanol–water partition coefficient (Wildman–Crippen LogP) is 4.69. The largest absolute Gasteiger partial charge is 0.491 e. The third-order valence-corrected chi connectivity index (χ3v) is 5.02. The van der Waals surface area contributed by atoms with Crippen molar-refractivity contribution in [2.24, 2.45) is 0 Å². The van der Waals surface area contributed by atoms with Gasteiger partial charge < -0.3 is 14.6 Å². The van der Waals surface area contributed by atoms with Gasteiger partial charge in [-0.2, -0.15) is 0 Å². The van der Waals surface area contributed by atoms with E-state index in [1.54, 1.807) is 0 Å². The van der Waals surface area contributed by atoms with E-state index in [9.17, 15) is 4.79 Å². The van der Waals surface area contributed by atoms with Crippen LogP contribution in [0.1, 0.15) is 37.6 Å². The molecule has 30 heavy (non-hydrogen) atoms. The number of fused-ring (bicyclic) bond motifs is 1. The molecule has 3 aromatic rings. The van der Waals surface area contributed by atoms with Crippen LogP contribution in [-0.2, 0) is 24.2 Å². The number of ether oxygens (including phenoxy) is 1. The summed E-state index contributed by atoms with van der Waals surface area (Å²) in [5.74, 6) is 2.06. The van der Waals surface area contributed by atoms with Crippen molar-refractivity contribution in [3.63, 3.8) is 0 Å². The van der Waals surface area contributed by atoms with Gasteiger partial charge in [0.1, 0.15) is 18.2 Å². The average molecular weight is 406 g/mol. The molecule has 0 aliphatic heterocycles. The van der Waals surface area contributed by atoms with E-state index in [0.717, 1.165) is 60.4 Å². The first kappa shape index (κ1) is 21.6. The molecule has 0 aliphatic carbocycles. The molecule has 1 amide bonds. The molecule has 158 valence electrons. The van der Waals surface area contributed by atoms with Crippen molar-refractivity contribution in [1.82, 2.24) is 14.9 Å². The predicted molar refractivity (Wildman–Crippen MR) is 122 cm³/mol. The normalized spacial score (nSPS) is 10.8. The minimum atomic E-state index is 0.123. The van der Waals surface area contributed by atoms with Crippen LogP contribution >= 0.6 is 0 Å². The van der Waals surface area contributed by atoms with Gasteiger partial charge in [-0.3, -0.25) is 4.79 Å². The number of hydrogen-bond acceptors (Lipinski definition) is 3. The van der Waals surface area contributed by atoms with Gasteiger partial charge in [0.05, 0.1) is 17.6 Å². The van der Waals surface area contributed by atoms with Crippen LogP contribution in [0.15, 0.2) is 61.2 Å². The van der Waals surface area contributed by atoms with E-state index in [-0.39, 0.29) is 5.91 Å². The Morgan fingerprint density at radius 2 is 2.00 bits per heavy atom. The molecule has 1 N–H and O–H groups in total. The molecule has 1 heterocycles. The lowest BCUT2D eigenvalue weighted by atomic mass is 10.1. The lowest BCUT2D eigenvalue weighted by molar-refractivity contribution is -0.121. The molecule has 0 saturated heterocycles. The molecule has 0 saturated carbocycles. The van der Waals surface area contributed by atoms with Gasteiger partial charge in [0.2, 0.25) is 5.91 Å². The fourth-order valence-electron chi connectivity index (χ4n) is 3.57. The summed E-state index contributed by atoms with van der Waals surface area (Å²) in [6.45, 7) is 7.80. The Morgan fingerprint density at radius 1 is 1.20 bits per heavy atom. The van der Waals surface area contributed by atoms with Gasteiger partial charge in [-0.05, 0) is 43.0 Å². The van der Waals surface area contributed by atoms with E-state index < -0.39 is 0 Å². The van der Waals surface area contributed by atoms with E-state index in [1.165, 1.54) is 0 Å². The summed E-state index contributed by atoms with van der Waals surface area (Å²) >= 11 is 0. The number of para-hydroxylation sites is 3. The highest BCUT2D eigenvalue weighted by Crippen LogP contribution is 2.20. The topological polar surface area (TPSA) is 56.1 Å². The van der Waals surface area contributed by atoms with Gasteiger partial charge in [-0.15, -0.1) is 6.58 Å². The van der Waals surface area contributed by atoms with Crippen LogP contribution in [-0.4, -0.2) is 28.6 Å². The number of benzene rings is 2. The molecule has 5 nitrogen and oxygen atoms in total. The Labute approximate surface area is 178 Å². The second-order valence-electron chi connectivity index (χ2n) is 7.32. The maximum Gasteiger partial charge on any atom is 0.219 e. The number of nitrogens with zero attached hydrogens (tertiary/aromatic N) is 2. The summed E-state index contributed by atoms with van der Waals surface area (Å²) < 4.78 is 8.33. The lowest BCUT2D eigenvalue weighted by Gasteiger charge is -2.13. The molecule has 2 aromatic carbocycles. The average Bonchev–Trinajstić information content (AvgIpc) is 3.10. The first-order valence-electron chi connectivity index (χ1n) is 10.8. The van der Waals surface area contributed by atoms with E-state index in [0.29, 0.717) is 19.6 Å². The molecule has 0 spiro atoms. The third kappa shape index (κ3) is 5.72. The highest BCUT2D eigenvalue weighted by molar-refractivity contribution is 5.76. The van der Waals surface area contributed by atoms with Crippen molar-refractivity contribution in [3.05, 3.63) is 72.6 Å². The number of rotatable bonds is 12. The summed E-state index contributed by atoms with van der Waals surface area (Å²) in [5, 5.41) is 2.98. The minimum Gasteiger partial charge on any atom is -0.491 e. The quantitative estimate of drug-likeness (QED) is 0.351. The summed E-state index contributed by atoms with van der Waals surface area (Å²) in [4.78, 5) is 16.5. The van der Waals surface area contributed by atoms with Crippen LogP contribution in [0, 0.1) is 0 Å². The van der Waals surface area contributed by atoms with Gasteiger partial charge in [0.25, 0.3) is 0 Å². The van der Waals surface area contributed by atoms with Crippen LogP contribution in [0.4, 0.5) is 0 Å². The number of aromatic nitrogens is 2. The van der Waals surface area contributed by atoms with Crippen LogP contribution in [0.25, 0.3) is 11.0 Å². The highest BCUT2D eigenvalue weighted by Gasteiger charge is 2.11. The first-order chi connectivity index (χ1) is 14.7. The molecule has 0 aliphatic rings. The second-order valence-corrected chi connectivity index (χ2v) is 7.32. The summed E-state index contributed by atoms with van der Waals surface area (Å²) in [5.41, 5.74) is 3.26. The number of carbonyl (C=O) groups excluding carboxylic acids is 1. The monoisotopic (exact) mass is 405 g/mol. The van der Waals surface area contributed by atoms with Crippen LogP contribution < -0.4 is 10.1 Å². The highest BCUT2D eigenvalue weighted by atomic mass is 16.5. The number of allylic oxidation sites excluding steroid dienone is 1. The zero-order chi connectivity index (χ0) is 21.2. The number of amides is 1. The Kier molecular flexibility index (Phi) is 8.07. The van der Waals surface area contributed by atoms with Crippen LogP contribution in [0.2, 0.25) is 0 Å². The number of hydrogen-bond donors (Lipinski definition) is 1. The fraction of sp³-hybridized carbons (Fsp3) is 0.360. The fourth-order valence-corrected chi connectivity index (χ4v) is 3.57. The Morgan fingerprint density at radius 3 is 2.83 bits per heavy atom. The molecule has 0 atom stereocenters. The Bertz CT molecular complexity index is 977. The zero-order valence-electron chi connectivity index (χ0n) is 17.8. The zero-order valence-corrected chi connectivity index (χ0v) is 17.8. The van der Waals surface area contributed by atoms with Gasteiger partial charge in [-0.1, -0.05) is 43.3 Å².